The molecular weight excluding hydrogens is 574 g/mol. The van der Waals surface area contributed by atoms with Crippen LogP contribution in [0.1, 0.15) is 0 Å². The average Bonchev–Trinajstić information content (AvgIpc) is 3.52. The van der Waals surface area contributed by atoms with Crippen molar-refractivity contribution in [3.63, 3.8) is 0 Å². The lowest BCUT2D eigenvalue weighted by molar-refractivity contribution is 0.669. The molecule has 0 aliphatic rings. The Balaban J connectivity index is 1.21. The molecule has 0 saturated heterocycles. The van der Waals surface area contributed by atoms with E-state index < -0.39 is 0 Å². The summed E-state index contributed by atoms with van der Waals surface area (Å²) in [7, 11) is 0. The molecule has 0 unspecified atom stereocenters. The first kappa shape index (κ1) is 27.0. The summed E-state index contributed by atoms with van der Waals surface area (Å²) in [6.07, 6.45) is 0. The van der Waals surface area contributed by atoms with Gasteiger partial charge in [-0.1, -0.05) is 133 Å². The predicted molar refractivity (Wildman–Crippen MR) is 192 cm³/mol. The maximum absolute atomic E-state index is 6.28. The molecule has 0 fully saturated rings. The molecule has 9 rings (SSSR count). The number of hydrogen-bond acceptors (Lipinski definition) is 4. The first-order chi connectivity index (χ1) is 23.3. The maximum atomic E-state index is 6.28. The van der Waals surface area contributed by atoms with Gasteiger partial charge in [0.15, 0.2) is 17.5 Å². The molecule has 4 heteroatoms. The van der Waals surface area contributed by atoms with E-state index in [0.717, 1.165) is 60.5 Å². The highest BCUT2D eigenvalue weighted by molar-refractivity contribution is 6.12. The number of rotatable bonds is 5. The monoisotopic (exact) mass is 601 g/mol. The van der Waals surface area contributed by atoms with E-state index >= 15 is 0 Å². The standard InChI is InChI=1S/C43H27N3O/c1-3-12-28(13-4-1)30-16-9-17-31(24-30)32-18-10-20-34(25-32)42-44-41(29-14-5-2-6-15-29)45-43(46-42)36-22-11-19-33-26-38-35-21-7-8-23-39(35)47-40(38)27-37(33)36/h1-27H. The van der Waals surface area contributed by atoms with Crippen molar-refractivity contribution in [1.82, 2.24) is 15.0 Å². The van der Waals surface area contributed by atoms with Crippen LogP contribution in [0.2, 0.25) is 0 Å². The zero-order valence-electron chi connectivity index (χ0n) is 25.3. The molecule has 0 saturated carbocycles. The van der Waals surface area contributed by atoms with Gasteiger partial charge in [-0.15, -0.1) is 0 Å². The lowest BCUT2D eigenvalue weighted by Crippen LogP contribution is -2.00. The third kappa shape index (κ3) is 4.93. The molecule has 9 aromatic rings. The van der Waals surface area contributed by atoms with Crippen molar-refractivity contribution >= 4 is 32.7 Å². The van der Waals surface area contributed by atoms with Crippen LogP contribution in [0.25, 0.3) is 89.1 Å². The van der Waals surface area contributed by atoms with Crippen LogP contribution in [-0.2, 0) is 0 Å². The summed E-state index contributed by atoms with van der Waals surface area (Å²) in [6, 6.07) is 56.4. The van der Waals surface area contributed by atoms with E-state index in [0.29, 0.717) is 17.5 Å². The topological polar surface area (TPSA) is 51.8 Å². The fourth-order valence-corrected chi connectivity index (χ4v) is 6.38. The molecule has 0 bridgehead atoms. The number of furan rings is 1. The van der Waals surface area contributed by atoms with Crippen LogP contribution < -0.4 is 0 Å². The molecule has 0 spiro atoms. The number of aromatic nitrogens is 3. The van der Waals surface area contributed by atoms with Crippen LogP contribution in [0.4, 0.5) is 0 Å². The Kier molecular flexibility index (Phi) is 6.43. The molecular formula is C43H27N3O. The van der Waals surface area contributed by atoms with Crippen molar-refractivity contribution in [1.29, 1.82) is 0 Å². The van der Waals surface area contributed by atoms with Crippen molar-refractivity contribution in [2.24, 2.45) is 0 Å². The molecule has 0 radical (unpaired) electrons. The lowest BCUT2D eigenvalue weighted by atomic mass is 9.98. The molecule has 4 nitrogen and oxygen atoms in total. The van der Waals surface area contributed by atoms with Gasteiger partial charge in [0.1, 0.15) is 11.2 Å². The van der Waals surface area contributed by atoms with Crippen molar-refractivity contribution in [3.05, 3.63) is 164 Å². The van der Waals surface area contributed by atoms with E-state index in [9.17, 15) is 0 Å². The predicted octanol–water partition coefficient (Wildman–Crippen LogP) is 11.3. The lowest BCUT2D eigenvalue weighted by Gasteiger charge is -2.11. The minimum Gasteiger partial charge on any atom is -0.456 e. The van der Waals surface area contributed by atoms with E-state index in [-0.39, 0.29) is 0 Å². The zero-order valence-corrected chi connectivity index (χ0v) is 25.3. The van der Waals surface area contributed by atoms with Crippen LogP contribution >= 0.6 is 0 Å². The van der Waals surface area contributed by atoms with E-state index in [1.807, 2.05) is 54.6 Å². The fraction of sp³-hybridized carbons (Fsp3) is 0. The largest absolute Gasteiger partial charge is 0.456 e. The second-order valence-electron chi connectivity index (χ2n) is 11.7. The molecule has 47 heavy (non-hydrogen) atoms. The summed E-state index contributed by atoms with van der Waals surface area (Å²) in [5.41, 5.74) is 9.11. The number of hydrogen-bond donors (Lipinski definition) is 0. The first-order valence-corrected chi connectivity index (χ1v) is 15.7. The number of fused-ring (bicyclic) bond motifs is 4. The molecule has 0 N–H and O–H groups in total. The normalized spacial score (nSPS) is 11.4. The molecule has 7 aromatic carbocycles. The average molecular weight is 602 g/mol. The summed E-state index contributed by atoms with van der Waals surface area (Å²) in [4.78, 5) is 15.2. The Morgan fingerprint density at radius 1 is 0.319 bits per heavy atom. The van der Waals surface area contributed by atoms with E-state index in [2.05, 4.69) is 109 Å². The van der Waals surface area contributed by atoms with Gasteiger partial charge in [0.05, 0.1) is 0 Å². The van der Waals surface area contributed by atoms with Crippen LogP contribution in [0.5, 0.6) is 0 Å². The number of nitrogens with zero attached hydrogens (tertiary/aromatic N) is 3. The summed E-state index contributed by atoms with van der Waals surface area (Å²) in [5.74, 6) is 1.87. The van der Waals surface area contributed by atoms with Gasteiger partial charge in [0.25, 0.3) is 0 Å². The van der Waals surface area contributed by atoms with Gasteiger partial charge in [-0.25, -0.2) is 15.0 Å². The highest BCUT2D eigenvalue weighted by atomic mass is 16.3. The molecule has 220 valence electrons. The van der Waals surface area contributed by atoms with Crippen molar-refractivity contribution in [2.45, 2.75) is 0 Å². The summed E-state index contributed by atoms with van der Waals surface area (Å²) >= 11 is 0. The Morgan fingerprint density at radius 2 is 0.872 bits per heavy atom. The van der Waals surface area contributed by atoms with Gasteiger partial charge in [-0.3, -0.25) is 0 Å². The van der Waals surface area contributed by atoms with Crippen LogP contribution in [-0.4, -0.2) is 15.0 Å². The van der Waals surface area contributed by atoms with E-state index in [1.54, 1.807) is 0 Å². The second kappa shape index (κ2) is 11.2. The quantitative estimate of drug-likeness (QED) is 0.197. The SMILES string of the molecule is c1ccc(-c2cccc(-c3cccc(-c4nc(-c5ccccc5)nc(-c5cccc6cc7c(cc56)oc5ccccc57)n4)c3)c2)cc1. The van der Waals surface area contributed by atoms with Gasteiger partial charge < -0.3 is 4.42 Å². The van der Waals surface area contributed by atoms with Crippen LogP contribution in [0.3, 0.4) is 0 Å². The van der Waals surface area contributed by atoms with Crippen molar-refractivity contribution in [2.75, 3.05) is 0 Å². The molecule has 2 heterocycles. The van der Waals surface area contributed by atoms with Gasteiger partial charge in [-0.2, -0.15) is 0 Å². The minimum atomic E-state index is 0.617. The minimum absolute atomic E-state index is 0.617. The molecule has 0 aliphatic heterocycles. The third-order valence-corrected chi connectivity index (χ3v) is 8.71. The Bertz CT molecular complexity index is 2570. The van der Waals surface area contributed by atoms with E-state index in [4.69, 9.17) is 19.4 Å². The zero-order chi connectivity index (χ0) is 31.2. The van der Waals surface area contributed by atoms with E-state index in [1.165, 1.54) is 11.1 Å². The first-order valence-electron chi connectivity index (χ1n) is 15.7. The molecule has 0 amide bonds. The van der Waals surface area contributed by atoms with Gasteiger partial charge in [0.2, 0.25) is 0 Å². The second-order valence-corrected chi connectivity index (χ2v) is 11.7. The smallest absolute Gasteiger partial charge is 0.164 e. The highest BCUT2D eigenvalue weighted by Gasteiger charge is 2.16. The Morgan fingerprint density at radius 3 is 1.64 bits per heavy atom. The van der Waals surface area contributed by atoms with Crippen molar-refractivity contribution in [3.8, 4) is 56.4 Å². The fourth-order valence-electron chi connectivity index (χ4n) is 6.38. The van der Waals surface area contributed by atoms with Gasteiger partial charge in [-0.05, 0) is 63.4 Å². The molecule has 0 aliphatic carbocycles. The van der Waals surface area contributed by atoms with Gasteiger partial charge >= 0.3 is 0 Å². The number of para-hydroxylation sites is 1. The summed E-state index contributed by atoms with van der Waals surface area (Å²) in [6.45, 7) is 0. The third-order valence-electron chi connectivity index (χ3n) is 8.71. The number of benzene rings is 7. The maximum Gasteiger partial charge on any atom is 0.164 e. The summed E-state index contributed by atoms with van der Waals surface area (Å²) < 4.78 is 6.28. The van der Waals surface area contributed by atoms with Crippen LogP contribution in [0, 0.1) is 0 Å². The Hall–Kier alpha value is -6.39. The highest BCUT2D eigenvalue weighted by Crippen LogP contribution is 2.36. The molecule has 0 atom stereocenters. The Labute approximate surface area is 271 Å². The van der Waals surface area contributed by atoms with Crippen LogP contribution in [0.15, 0.2) is 168 Å². The van der Waals surface area contributed by atoms with Crippen molar-refractivity contribution < 1.29 is 4.42 Å². The van der Waals surface area contributed by atoms with Gasteiger partial charge in [0, 0.05) is 27.5 Å². The molecule has 2 aromatic heterocycles. The summed E-state index contributed by atoms with van der Waals surface area (Å²) in [5, 5.41) is 4.34.